The molecule has 2 bridgehead atoms. The molecular formula is C23H29N5O2. The van der Waals surface area contributed by atoms with E-state index in [-0.39, 0.29) is 17.4 Å². The van der Waals surface area contributed by atoms with Crippen molar-refractivity contribution in [2.45, 2.75) is 44.7 Å². The zero-order chi connectivity index (χ0) is 20.2. The molecule has 0 spiro atoms. The summed E-state index contributed by atoms with van der Waals surface area (Å²) < 4.78 is 2.02. The summed E-state index contributed by atoms with van der Waals surface area (Å²) in [7, 11) is 0. The van der Waals surface area contributed by atoms with Gasteiger partial charge >= 0.3 is 0 Å². The van der Waals surface area contributed by atoms with Gasteiger partial charge in [-0.1, -0.05) is 12.5 Å². The predicted molar refractivity (Wildman–Crippen MR) is 112 cm³/mol. The Hall–Kier alpha value is -2.41. The fourth-order valence-electron chi connectivity index (χ4n) is 6.52. The predicted octanol–water partition coefficient (Wildman–Crippen LogP) is 2.06. The summed E-state index contributed by atoms with van der Waals surface area (Å²) in [6.45, 7) is 5.19. The van der Waals surface area contributed by atoms with Crippen LogP contribution >= 0.6 is 0 Å². The van der Waals surface area contributed by atoms with E-state index in [4.69, 9.17) is 0 Å². The molecule has 5 heterocycles. The number of nitrogens with zero attached hydrogens (tertiary/aromatic N) is 4. The monoisotopic (exact) mass is 407 g/mol. The highest BCUT2D eigenvalue weighted by Gasteiger charge is 2.38. The number of hydrogen-bond acceptors (Lipinski definition) is 4. The van der Waals surface area contributed by atoms with Crippen LogP contribution in [0.5, 0.6) is 0 Å². The van der Waals surface area contributed by atoms with Crippen LogP contribution in [0.1, 0.15) is 53.3 Å². The summed E-state index contributed by atoms with van der Waals surface area (Å²) in [4.78, 5) is 30.5. The molecule has 158 valence electrons. The number of piperidine rings is 1. The normalized spacial score (nSPS) is 30.3. The highest BCUT2D eigenvalue weighted by Crippen LogP contribution is 2.38. The minimum absolute atomic E-state index is 0.00852. The third-order valence-corrected chi connectivity index (χ3v) is 7.90. The number of hydrogen-bond donors (Lipinski definition) is 1. The Labute approximate surface area is 176 Å². The Morgan fingerprint density at radius 2 is 1.90 bits per heavy atom. The van der Waals surface area contributed by atoms with Gasteiger partial charge in [-0.2, -0.15) is 5.10 Å². The molecule has 1 N–H and O–H groups in total. The van der Waals surface area contributed by atoms with Crippen molar-refractivity contribution in [3.8, 4) is 0 Å². The second-order valence-corrected chi connectivity index (χ2v) is 9.82. The van der Waals surface area contributed by atoms with Crippen LogP contribution < -0.4 is 5.56 Å². The molecule has 0 radical (unpaired) electrons. The van der Waals surface area contributed by atoms with Gasteiger partial charge in [0.2, 0.25) is 0 Å². The molecule has 2 aromatic heterocycles. The Bertz CT molecular complexity index is 1000. The molecule has 1 aliphatic carbocycles. The quantitative estimate of drug-likeness (QED) is 0.845. The van der Waals surface area contributed by atoms with E-state index in [9.17, 15) is 9.59 Å². The Morgan fingerprint density at radius 3 is 2.67 bits per heavy atom. The van der Waals surface area contributed by atoms with Crippen molar-refractivity contribution in [1.82, 2.24) is 24.6 Å². The number of nitrogens with one attached hydrogen (secondary N) is 1. The lowest BCUT2D eigenvalue weighted by Crippen LogP contribution is -2.49. The van der Waals surface area contributed by atoms with Crippen LogP contribution in [0.2, 0.25) is 0 Å². The highest BCUT2D eigenvalue weighted by molar-refractivity contribution is 5.92. The number of amides is 1. The van der Waals surface area contributed by atoms with Crippen LogP contribution in [0.25, 0.3) is 0 Å². The lowest BCUT2D eigenvalue weighted by molar-refractivity contribution is 0.0588. The summed E-state index contributed by atoms with van der Waals surface area (Å²) in [6.07, 6.45) is 6.78. The molecule has 3 fully saturated rings. The number of carbonyl (C=O) groups is 1. The minimum Gasteiger partial charge on any atom is -0.336 e. The van der Waals surface area contributed by atoms with E-state index in [1.165, 1.54) is 19.3 Å². The van der Waals surface area contributed by atoms with Gasteiger partial charge in [0.25, 0.3) is 11.5 Å². The van der Waals surface area contributed by atoms with E-state index >= 15 is 0 Å². The van der Waals surface area contributed by atoms with E-state index in [1.54, 1.807) is 12.3 Å². The minimum atomic E-state index is 0.00852. The number of aromatic nitrogens is 3. The van der Waals surface area contributed by atoms with Crippen LogP contribution in [0.15, 0.2) is 29.2 Å². The van der Waals surface area contributed by atoms with E-state index in [0.29, 0.717) is 24.7 Å². The van der Waals surface area contributed by atoms with Gasteiger partial charge in [0.15, 0.2) is 0 Å². The molecule has 0 aromatic carbocycles. The van der Waals surface area contributed by atoms with Crippen molar-refractivity contribution in [3.63, 3.8) is 0 Å². The van der Waals surface area contributed by atoms with Gasteiger partial charge in [-0.3, -0.25) is 19.6 Å². The molecule has 3 aliphatic heterocycles. The maximum Gasteiger partial charge on any atom is 0.271 e. The molecule has 4 aliphatic rings. The van der Waals surface area contributed by atoms with Gasteiger partial charge in [0, 0.05) is 62.6 Å². The Kier molecular flexibility index (Phi) is 4.33. The number of H-pyrrole nitrogens is 1. The van der Waals surface area contributed by atoms with Crippen molar-refractivity contribution in [3.05, 3.63) is 51.7 Å². The molecule has 7 nitrogen and oxygen atoms in total. The fraction of sp³-hybridized carbons (Fsp3) is 0.609. The number of carbonyl (C=O) groups excluding carboxylic acids is 1. The zero-order valence-corrected chi connectivity index (χ0v) is 17.3. The van der Waals surface area contributed by atoms with E-state index in [2.05, 4.69) is 27.2 Å². The topological polar surface area (TPSA) is 74.2 Å². The van der Waals surface area contributed by atoms with E-state index < -0.39 is 0 Å². The van der Waals surface area contributed by atoms with Gasteiger partial charge < -0.3 is 9.47 Å². The molecule has 2 saturated heterocycles. The third kappa shape index (κ3) is 3.02. The first-order valence-corrected chi connectivity index (χ1v) is 11.4. The molecule has 7 heteroatoms. The van der Waals surface area contributed by atoms with E-state index in [0.717, 1.165) is 55.7 Å². The Morgan fingerprint density at radius 1 is 1.07 bits per heavy atom. The van der Waals surface area contributed by atoms with Crippen molar-refractivity contribution in [1.29, 1.82) is 0 Å². The smallest absolute Gasteiger partial charge is 0.271 e. The van der Waals surface area contributed by atoms with Crippen LogP contribution in [-0.4, -0.2) is 56.7 Å². The van der Waals surface area contributed by atoms with Crippen LogP contribution in [0.3, 0.4) is 0 Å². The average molecular weight is 408 g/mol. The van der Waals surface area contributed by atoms with Crippen molar-refractivity contribution in [2.24, 2.45) is 17.8 Å². The molecule has 6 rings (SSSR count). The maximum atomic E-state index is 13.3. The fourth-order valence-corrected chi connectivity index (χ4v) is 6.52. The second-order valence-electron chi connectivity index (χ2n) is 9.82. The summed E-state index contributed by atoms with van der Waals surface area (Å²) in [5.74, 6) is 2.28. The zero-order valence-electron chi connectivity index (χ0n) is 17.3. The molecule has 4 atom stereocenters. The first-order chi connectivity index (χ1) is 14.7. The van der Waals surface area contributed by atoms with Gasteiger partial charge in [0.1, 0.15) is 5.69 Å². The largest absolute Gasteiger partial charge is 0.336 e. The van der Waals surface area contributed by atoms with Gasteiger partial charge in [-0.25, -0.2) is 0 Å². The first-order valence-electron chi connectivity index (χ1n) is 11.4. The number of rotatable bonds is 3. The third-order valence-electron chi connectivity index (χ3n) is 7.90. The number of fused-ring (bicyclic) bond motifs is 5. The van der Waals surface area contributed by atoms with Crippen LogP contribution in [-0.2, 0) is 13.1 Å². The molecular weight excluding hydrogens is 378 g/mol. The van der Waals surface area contributed by atoms with Gasteiger partial charge in [-0.15, -0.1) is 0 Å². The molecule has 2 aromatic rings. The maximum absolute atomic E-state index is 13.3. The van der Waals surface area contributed by atoms with Gasteiger partial charge in [0.05, 0.1) is 0 Å². The Balaban J connectivity index is 1.22. The molecule has 1 saturated carbocycles. The van der Waals surface area contributed by atoms with E-state index in [1.807, 2.05) is 9.47 Å². The molecule has 1 amide bonds. The summed E-state index contributed by atoms with van der Waals surface area (Å²) >= 11 is 0. The van der Waals surface area contributed by atoms with Crippen LogP contribution in [0.4, 0.5) is 0 Å². The summed E-state index contributed by atoms with van der Waals surface area (Å²) in [5, 5.41) is 6.69. The van der Waals surface area contributed by atoms with Gasteiger partial charge in [-0.05, 0) is 49.1 Å². The lowest BCUT2D eigenvalue weighted by atomic mass is 9.83. The lowest BCUT2D eigenvalue weighted by Gasteiger charge is -2.42. The van der Waals surface area contributed by atoms with Crippen LogP contribution in [0, 0.1) is 17.8 Å². The number of pyridine rings is 1. The SMILES string of the molecule is O=C(c1ccn[nH]1)N1C[C@@H]2C[C@H](C1)c1ccc(CN3C[C@H]4CCC[C@H]4C3)c(=O)n1C2. The second kappa shape index (κ2) is 7.08. The molecule has 0 unspecified atom stereocenters. The first kappa shape index (κ1) is 18.4. The van der Waals surface area contributed by atoms with Crippen molar-refractivity contribution in [2.75, 3.05) is 26.2 Å². The summed E-state index contributed by atoms with van der Waals surface area (Å²) in [5.41, 5.74) is 2.76. The van der Waals surface area contributed by atoms with Crippen molar-refractivity contribution < 1.29 is 4.79 Å². The average Bonchev–Trinajstić information content (AvgIpc) is 3.47. The standard InChI is InChI=1S/C23H29N5O2/c29-22-18(13-26-11-16-2-1-3-17(16)12-26)4-5-21-19-8-15(10-28(21)22)9-27(14-19)23(30)20-6-7-24-25-20/h4-7,15-17,19H,1-3,8-14H2,(H,24,25)/t15-,16-,17+,19+/m0/s1. The highest BCUT2D eigenvalue weighted by atomic mass is 16.2. The molecule has 30 heavy (non-hydrogen) atoms. The number of likely N-dealkylation sites (tertiary alicyclic amines) is 2. The van der Waals surface area contributed by atoms with Crippen molar-refractivity contribution >= 4 is 5.91 Å². The summed E-state index contributed by atoms with van der Waals surface area (Å²) in [6, 6.07) is 5.93. The number of aromatic amines is 1.